The fraction of sp³-hybridized carbons (Fsp3) is 0.500. The van der Waals surface area contributed by atoms with Gasteiger partial charge >= 0.3 is 0 Å². The first-order valence-electron chi connectivity index (χ1n) is 8.11. The minimum absolute atomic E-state index is 0.105. The van der Waals surface area contributed by atoms with Gasteiger partial charge < -0.3 is 4.74 Å². The first kappa shape index (κ1) is 15.1. The largest absolute Gasteiger partial charge is 0.377 e. The van der Waals surface area contributed by atoms with Gasteiger partial charge in [-0.3, -0.25) is 9.36 Å². The Morgan fingerprint density at radius 3 is 2.62 bits per heavy atom. The second kappa shape index (κ2) is 5.86. The highest BCUT2D eigenvalue weighted by Gasteiger charge is 2.32. The van der Waals surface area contributed by atoms with E-state index in [1.807, 2.05) is 39.4 Å². The molecule has 0 aromatic carbocycles. The van der Waals surface area contributed by atoms with Crippen molar-refractivity contribution >= 4 is 0 Å². The minimum atomic E-state index is 0.105. The molecule has 0 amide bonds. The monoisotopic (exact) mass is 327 g/mol. The number of aromatic nitrogens is 7. The summed E-state index contributed by atoms with van der Waals surface area (Å²) in [5.41, 5.74) is 4.35. The highest BCUT2D eigenvalue weighted by Crippen LogP contribution is 2.29. The van der Waals surface area contributed by atoms with Crippen LogP contribution in [0.3, 0.4) is 0 Å². The quantitative estimate of drug-likeness (QED) is 0.725. The molecule has 0 saturated carbocycles. The predicted octanol–water partition coefficient (Wildman–Crippen LogP) is 1.46. The molecular formula is C16H21N7O. The second-order valence-electron chi connectivity index (χ2n) is 6.30. The molecule has 1 saturated heterocycles. The van der Waals surface area contributed by atoms with Crippen molar-refractivity contribution in [3.05, 3.63) is 47.3 Å². The van der Waals surface area contributed by atoms with Crippen molar-refractivity contribution in [1.82, 2.24) is 34.6 Å². The summed E-state index contributed by atoms with van der Waals surface area (Å²) < 4.78 is 11.5. The van der Waals surface area contributed by atoms with Crippen molar-refractivity contribution in [3.8, 4) is 0 Å². The number of hydrogen-bond donors (Lipinski definition) is 0. The Balaban J connectivity index is 1.55. The maximum Gasteiger partial charge on any atom is 0.104 e. The fourth-order valence-corrected chi connectivity index (χ4v) is 3.16. The van der Waals surface area contributed by atoms with Crippen molar-refractivity contribution in [2.75, 3.05) is 13.2 Å². The summed E-state index contributed by atoms with van der Waals surface area (Å²) in [7, 11) is 0. The van der Waals surface area contributed by atoms with E-state index in [4.69, 9.17) is 4.74 Å². The number of nitrogens with zero attached hydrogens (tertiary/aromatic N) is 7. The van der Waals surface area contributed by atoms with Crippen LogP contribution in [0.5, 0.6) is 0 Å². The van der Waals surface area contributed by atoms with Gasteiger partial charge in [0.1, 0.15) is 11.7 Å². The standard InChI is InChI=1S/C16H21N7O/c1-11-12(2)19-22(13(11)3)7-14-8-23(20-18-14)16-10-24-9-15(16)21-6-4-5-17-21/h4-6,8,15-16H,7,9-10H2,1-3H3/t15-,16+/m0/s1. The molecular weight excluding hydrogens is 306 g/mol. The maximum absolute atomic E-state index is 5.65. The van der Waals surface area contributed by atoms with E-state index in [0.29, 0.717) is 19.8 Å². The lowest BCUT2D eigenvalue weighted by atomic mass is 10.2. The molecule has 126 valence electrons. The molecule has 0 aliphatic carbocycles. The van der Waals surface area contributed by atoms with Crippen molar-refractivity contribution in [2.24, 2.45) is 0 Å². The first-order valence-corrected chi connectivity index (χ1v) is 8.11. The zero-order valence-corrected chi connectivity index (χ0v) is 14.1. The summed E-state index contributed by atoms with van der Waals surface area (Å²) in [4.78, 5) is 0. The van der Waals surface area contributed by atoms with Gasteiger partial charge in [0.15, 0.2) is 0 Å². The lowest BCUT2D eigenvalue weighted by molar-refractivity contribution is 0.179. The molecule has 0 N–H and O–H groups in total. The Labute approximate surface area is 140 Å². The molecule has 1 fully saturated rings. The van der Waals surface area contributed by atoms with Crippen LogP contribution in [0, 0.1) is 20.8 Å². The van der Waals surface area contributed by atoms with E-state index in [0.717, 1.165) is 11.4 Å². The van der Waals surface area contributed by atoms with Crippen LogP contribution in [0.15, 0.2) is 24.7 Å². The topological polar surface area (TPSA) is 75.6 Å². The smallest absolute Gasteiger partial charge is 0.104 e. The van der Waals surface area contributed by atoms with E-state index in [9.17, 15) is 0 Å². The highest BCUT2D eigenvalue weighted by atomic mass is 16.5. The minimum Gasteiger partial charge on any atom is -0.377 e. The molecule has 8 nitrogen and oxygen atoms in total. The average molecular weight is 327 g/mol. The van der Waals surface area contributed by atoms with E-state index < -0.39 is 0 Å². The van der Waals surface area contributed by atoms with E-state index in [-0.39, 0.29) is 12.1 Å². The number of aryl methyl sites for hydroxylation is 1. The van der Waals surface area contributed by atoms with E-state index in [1.165, 1.54) is 11.3 Å². The molecule has 0 unspecified atom stereocenters. The Kier molecular flexibility index (Phi) is 3.68. The molecule has 24 heavy (non-hydrogen) atoms. The lowest BCUT2D eigenvalue weighted by Gasteiger charge is -2.17. The van der Waals surface area contributed by atoms with Crippen LogP contribution in [0.2, 0.25) is 0 Å². The van der Waals surface area contributed by atoms with Crippen LogP contribution in [0.1, 0.15) is 34.7 Å². The molecule has 2 atom stereocenters. The molecule has 0 radical (unpaired) electrons. The number of hydrogen-bond acceptors (Lipinski definition) is 5. The van der Waals surface area contributed by atoms with Gasteiger partial charge in [-0.15, -0.1) is 5.10 Å². The second-order valence-corrected chi connectivity index (χ2v) is 6.30. The molecule has 0 bridgehead atoms. The summed E-state index contributed by atoms with van der Waals surface area (Å²) in [5.74, 6) is 0. The zero-order chi connectivity index (χ0) is 16.7. The molecule has 4 heterocycles. The van der Waals surface area contributed by atoms with Gasteiger partial charge in [0, 0.05) is 18.1 Å². The number of rotatable bonds is 4. The van der Waals surface area contributed by atoms with Gasteiger partial charge in [-0.1, -0.05) is 5.21 Å². The van der Waals surface area contributed by atoms with Crippen molar-refractivity contribution < 1.29 is 4.74 Å². The van der Waals surface area contributed by atoms with E-state index in [1.54, 1.807) is 6.20 Å². The van der Waals surface area contributed by atoms with Crippen LogP contribution in [-0.4, -0.2) is 47.8 Å². The van der Waals surface area contributed by atoms with Gasteiger partial charge in [-0.2, -0.15) is 10.2 Å². The number of ether oxygens (including phenoxy) is 1. The van der Waals surface area contributed by atoms with E-state index >= 15 is 0 Å². The van der Waals surface area contributed by atoms with Crippen molar-refractivity contribution in [2.45, 2.75) is 39.4 Å². The van der Waals surface area contributed by atoms with Gasteiger partial charge in [0.2, 0.25) is 0 Å². The SMILES string of the molecule is Cc1nn(Cc2cn([C@@H]3COC[C@@H]3n3cccn3)nn2)c(C)c1C. The summed E-state index contributed by atoms with van der Waals surface area (Å²) >= 11 is 0. The Morgan fingerprint density at radius 2 is 1.96 bits per heavy atom. The van der Waals surface area contributed by atoms with Crippen LogP contribution < -0.4 is 0 Å². The lowest BCUT2D eigenvalue weighted by Crippen LogP contribution is -2.22. The molecule has 3 aromatic heterocycles. The van der Waals surface area contributed by atoms with Crippen LogP contribution in [-0.2, 0) is 11.3 Å². The van der Waals surface area contributed by atoms with Crippen LogP contribution in [0.25, 0.3) is 0 Å². The van der Waals surface area contributed by atoms with Crippen molar-refractivity contribution in [3.63, 3.8) is 0 Å². The normalized spacial score (nSPS) is 20.8. The maximum atomic E-state index is 5.65. The highest BCUT2D eigenvalue weighted by molar-refractivity contribution is 5.22. The third-order valence-corrected chi connectivity index (χ3v) is 4.84. The molecule has 1 aliphatic rings. The Hall–Kier alpha value is -2.48. The third-order valence-electron chi connectivity index (χ3n) is 4.84. The summed E-state index contributed by atoms with van der Waals surface area (Å²) in [6.07, 6.45) is 5.73. The molecule has 0 spiro atoms. The van der Waals surface area contributed by atoms with Crippen molar-refractivity contribution in [1.29, 1.82) is 0 Å². The van der Waals surface area contributed by atoms with Gasteiger partial charge in [0.25, 0.3) is 0 Å². The fourth-order valence-electron chi connectivity index (χ4n) is 3.16. The summed E-state index contributed by atoms with van der Waals surface area (Å²) in [5, 5.41) is 17.5. The summed E-state index contributed by atoms with van der Waals surface area (Å²) in [6.45, 7) is 8.08. The van der Waals surface area contributed by atoms with E-state index in [2.05, 4.69) is 34.4 Å². The average Bonchev–Trinajstić information content (AvgIpc) is 3.32. The van der Waals surface area contributed by atoms with Gasteiger partial charge in [-0.05, 0) is 32.4 Å². The van der Waals surface area contributed by atoms with Crippen LogP contribution in [0.4, 0.5) is 0 Å². The van der Waals surface area contributed by atoms with Gasteiger partial charge in [-0.25, -0.2) is 4.68 Å². The van der Waals surface area contributed by atoms with Gasteiger partial charge in [0.05, 0.1) is 37.7 Å². The first-order chi connectivity index (χ1) is 11.6. The molecule has 4 rings (SSSR count). The zero-order valence-electron chi connectivity index (χ0n) is 14.1. The van der Waals surface area contributed by atoms with Crippen LogP contribution >= 0.6 is 0 Å². The molecule has 1 aliphatic heterocycles. The predicted molar refractivity (Wildman–Crippen MR) is 86.7 cm³/mol. The third kappa shape index (κ3) is 2.52. The Bertz CT molecular complexity index is 833. The molecule has 8 heteroatoms. The Morgan fingerprint density at radius 1 is 1.17 bits per heavy atom. The molecule has 3 aromatic rings. The summed E-state index contributed by atoms with van der Waals surface area (Å²) in [6, 6.07) is 2.17.